The molecule has 2 aromatic heterocycles. The van der Waals surface area contributed by atoms with Gasteiger partial charge in [0, 0.05) is 27.1 Å². The van der Waals surface area contributed by atoms with Crippen LogP contribution >= 0.6 is 0 Å². The molecule has 0 saturated carbocycles. The Labute approximate surface area is 299 Å². The molecule has 10 aromatic rings. The van der Waals surface area contributed by atoms with Crippen molar-refractivity contribution in [1.82, 2.24) is 4.40 Å². The van der Waals surface area contributed by atoms with Gasteiger partial charge in [-0.25, -0.2) is 0 Å². The second kappa shape index (κ2) is 9.93. The van der Waals surface area contributed by atoms with Crippen molar-refractivity contribution in [1.29, 1.82) is 0 Å². The molecular weight excluding hydrogens is 631 g/mol. The van der Waals surface area contributed by atoms with Crippen LogP contribution in [0.5, 0.6) is 0 Å². The van der Waals surface area contributed by atoms with E-state index in [1.807, 2.05) is 22.6 Å². The van der Waals surface area contributed by atoms with Crippen molar-refractivity contribution >= 4 is 38.0 Å². The van der Waals surface area contributed by atoms with Crippen molar-refractivity contribution in [3.05, 3.63) is 209 Å². The van der Waals surface area contributed by atoms with Crippen molar-refractivity contribution in [3.63, 3.8) is 0 Å². The third kappa shape index (κ3) is 3.33. The van der Waals surface area contributed by atoms with E-state index < -0.39 is 5.41 Å². The molecule has 2 heteroatoms. The monoisotopic (exact) mass is 659 g/mol. The molecule has 0 N–H and O–H groups in total. The van der Waals surface area contributed by atoms with E-state index in [1.165, 1.54) is 61.2 Å². The second-order valence-electron chi connectivity index (χ2n) is 14.3. The molecule has 0 atom stereocenters. The number of nitrogens with zero attached hydrogens (tertiary/aromatic N) is 1. The van der Waals surface area contributed by atoms with Crippen LogP contribution in [0, 0.1) is 0 Å². The Morgan fingerprint density at radius 2 is 0.885 bits per heavy atom. The topological polar surface area (TPSA) is 21.5 Å². The summed E-state index contributed by atoms with van der Waals surface area (Å²) in [6.07, 6.45) is 0. The number of para-hydroxylation sites is 1. The van der Waals surface area contributed by atoms with E-state index in [9.17, 15) is 4.79 Å². The van der Waals surface area contributed by atoms with E-state index in [0.717, 1.165) is 43.5 Å². The van der Waals surface area contributed by atoms with Crippen molar-refractivity contribution in [2.24, 2.45) is 0 Å². The van der Waals surface area contributed by atoms with Crippen LogP contribution in [0.3, 0.4) is 0 Å². The lowest BCUT2D eigenvalue weighted by molar-refractivity contribution is 0.795. The maximum Gasteiger partial charge on any atom is 0.263 e. The Balaban J connectivity index is 1.28. The Morgan fingerprint density at radius 3 is 1.56 bits per heavy atom. The van der Waals surface area contributed by atoms with Crippen LogP contribution < -0.4 is 5.56 Å². The van der Waals surface area contributed by atoms with Gasteiger partial charge in [0.2, 0.25) is 0 Å². The largest absolute Gasteiger partial charge is 0.274 e. The molecule has 2 aliphatic carbocycles. The van der Waals surface area contributed by atoms with E-state index in [1.54, 1.807) is 0 Å². The van der Waals surface area contributed by atoms with Gasteiger partial charge >= 0.3 is 0 Å². The Kier molecular flexibility index (Phi) is 5.34. The second-order valence-corrected chi connectivity index (χ2v) is 14.3. The zero-order valence-electron chi connectivity index (χ0n) is 28.1. The van der Waals surface area contributed by atoms with E-state index in [0.29, 0.717) is 0 Å². The van der Waals surface area contributed by atoms with Crippen LogP contribution in [0.25, 0.3) is 82.5 Å². The lowest BCUT2D eigenvalue weighted by Gasteiger charge is -2.31. The van der Waals surface area contributed by atoms with Crippen LogP contribution in [0.1, 0.15) is 22.3 Å². The first-order valence-electron chi connectivity index (χ1n) is 18.0. The fraction of sp³-hybridized carbons (Fsp3) is 0.0200. The van der Waals surface area contributed by atoms with Gasteiger partial charge in [-0.2, -0.15) is 0 Å². The van der Waals surface area contributed by atoms with Crippen molar-refractivity contribution in [3.8, 4) is 44.5 Å². The van der Waals surface area contributed by atoms with Crippen molar-refractivity contribution < 1.29 is 0 Å². The molecule has 1 spiro atoms. The van der Waals surface area contributed by atoms with Gasteiger partial charge in [0.05, 0.1) is 16.4 Å². The van der Waals surface area contributed by atoms with Crippen LogP contribution in [0.4, 0.5) is 0 Å². The minimum absolute atomic E-state index is 0.0334. The molecule has 0 bridgehead atoms. The summed E-state index contributed by atoms with van der Waals surface area (Å²) in [7, 11) is 0. The minimum Gasteiger partial charge on any atom is -0.274 e. The van der Waals surface area contributed by atoms with Crippen LogP contribution in [-0.2, 0) is 5.41 Å². The molecular formula is C50H29NO. The van der Waals surface area contributed by atoms with E-state index in [-0.39, 0.29) is 5.56 Å². The molecule has 240 valence electrons. The van der Waals surface area contributed by atoms with Crippen LogP contribution in [0.2, 0.25) is 0 Å². The molecule has 0 aliphatic heterocycles. The van der Waals surface area contributed by atoms with Crippen LogP contribution in [-0.4, -0.2) is 4.40 Å². The summed E-state index contributed by atoms with van der Waals surface area (Å²) >= 11 is 0. The molecule has 0 saturated heterocycles. The summed E-state index contributed by atoms with van der Waals surface area (Å²) in [6, 6.07) is 63.6. The SMILES string of the molecule is O=c1c2ccccc2c2cccc3c4ccc5c(c4n1c23)-c1ccccc1C51c2cc(-c3ccccc3)ccc2-c2ccc(-c3ccccc3)cc21. The third-order valence-corrected chi connectivity index (χ3v) is 12.0. The first kappa shape index (κ1) is 28.0. The third-order valence-electron chi connectivity index (χ3n) is 12.0. The van der Waals surface area contributed by atoms with Gasteiger partial charge in [-0.1, -0.05) is 158 Å². The fourth-order valence-corrected chi connectivity index (χ4v) is 9.88. The lowest BCUT2D eigenvalue weighted by Crippen LogP contribution is -2.26. The zero-order chi connectivity index (χ0) is 34.1. The van der Waals surface area contributed by atoms with Gasteiger partial charge in [0.15, 0.2) is 0 Å². The molecule has 2 heterocycles. The van der Waals surface area contributed by atoms with Gasteiger partial charge in [-0.05, 0) is 84.8 Å². The number of hydrogen-bond acceptors (Lipinski definition) is 1. The number of hydrogen-bond donors (Lipinski definition) is 0. The highest BCUT2D eigenvalue weighted by Gasteiger charge is 2.52. The molecule has 0 amide bonds. The summed E-state index contributed by atoms with van der Waals surface area (Å²) in [4.78, 5) is 14.8. The Hall–Kier alpha value is -6.77. The first-order chi connectivity index (χ1) is 25.7. The quantitative estimate of drug-likeness (QED) is 0.169. The molecule has 2 nitrogen and oxygen atoms in total. The van der Waals surface area contributed by atoms with Crippen molar-refractivity contribution in [2.45, 2.75) is 5.41 Å². The molecule has 0 unspecified atom stereocenters. The molecule has 12 rings (SSSR count). The summed E-state index contributed by atoms with van der Waals surface area (Å²) in [6.45, 7) is 0. The van der Waals surface area contributed by atoms with Gasteiger partial charge in [-0.15, -0.1) is 0 Å². The predicted molar refractivity (Wildman–Crippen MR) is 215 cm³/mol. The molecule has 0 radical (unpaired) electrons. The average molecular weight is 660 g/mol. The molecule has 0 fully saturated rings. The van der Waals surface area contributed by atoms with Crippen LogP contribution in [0.15, 0.2) is 181 Å². The fourth-order valence-electron chi connectivity index (χ4n) is 9.88. The van der Waals surface area contributed by atoms with Gasteiger partial charge < -0.3 is 0 Å². The summed E-state index contributed by atoms with van der Waals surface area (Å²) in [5.41, 5.74) is 16.1. The lowest BCUT2D eigenvalue weighted by atomic mass is 9.70. The summed E-state index contributed by atoms with van der Waals surface area (Å²) < 4.78 is 2.04. The smallest absolute Gasteiger partial charge is 0.263 e. The highest BCUT2D eigenvalue weighted by Crippen LogP contribution is 2.64. The Morgan fingerprint density at radius 1 is 0.346 bits per heavy atom. The maximum atomic E-state index is 14.8. The highest BCUT2D eigenvalue weighted by molar-refractivity contribution is 6.23. The van der Waals surface area contributed by atoms with Gasteiger partial charge in [0.25, 0.3) is 5.56 Å². The standard InChI is InChI=1S/C50H29NO/c52-49-40-17-8-7-16-34(40)37-19-11-20-38-39-26-27-43-46(48(39)51(49)47(37)38)41-18-9-10-21-42(41)50(43)44-28-32(30-12-3-1-4-13-30)22-24-35(44)36-25-23-33(29-45(36)50)31-14-5-2-6-15-31/h1-29H. The average Bonchev–Trinajstić information content (AvgIpc) is 3.82. The minimum atomic E-state index is -0.588. The Bertz CT molecular complexity index is 3100. The molecule has 8 aromatic carbocycles. The number of aromatic nitrogens is 1. The number of rotatable bonds is 2. The number of pyridine rings is 1. The maximum absolute atomic E-state index is 14.8. The van der Waals surface area contributed by atoms with E-state index in [4.69, 9.17) is 0 Å². The van der Waals surface area contributed by atoms with E-state index >= 15 is 0 Å². The highest BCUT2D eigenvalue weighted by atomic mass is 16.1. The van der Waals surface area contributed by atoms with E-state index in [2.05, 4.69) is 158 Å². The number of fused-ring (bicyclic) bond motifs is 16. The normalized spacial score (nSPS) is 13.6. The first-order valence-corrected chi connectivity index (χ1v) is 18.0. The summed E-state index contributed by atoms with van der Waals surface area (Å²) in [5.74, 6) is 0. The zero-order valence-corrected chi connectivity index (χ0v) is 28.1. The summed E-state index contributed by atoms with van der Waals surface area (Å²) in [5, 5.41) is 5.08. The molecule has 52 heavy (non-hydrogen) atoms. The number of benzene rings is 8. The van der Waals surface area contributed by atoms with Gasteiger partial charge in [0.1, 0.15) is 0 Å². The van der Waals surface area contributed by atoms with Gasteiger partial charge in [-0.3, -0.25) is 9.20 Å². The van der Waals surface area contributed by atoms with Crippen molar-refractivity contribution in [2.75, 3.05) is 0 Å². The predicted octanol–water partition coefficient (Wildman–Crippen LogP) is 11.9. The molecule has 2 aliphatic rings.